The number of phenolic OH excluding ortho intramolecular Hbond substituents is 1. The zero-order valence-corrected chi connectivity index (χ0v) is 12.7. The van der Waals surface area contributed by atoms with E-state index in [1.54, 1.807) is 23.0 Å². The van der Waals surface area contributed by atoms with Crippen LogP contribution in [-0.4, -0.2) is 20.1 Å². The SMILES string of the molecule is CC(C)(Cn1nc2ccc(Cl)cc2n1)c1ccccc1O. The Kier molecular flexibility index (Phi) is 3.33. The van der Waals surface area contributed by atoms with E-state index in [2.05, 4.69) is 24.0 Å². The minimum absolute atomic E-state index is 0.288. The Morgan fingerprint density at radius 2 is 1.81 bits per heavy atom. The summed E-state index contributed by atoms with van der Waals surface area (Å²) in [6, 6.07) is 12.8. The molecule has 0 aliphatic carbocycles. The second-order valence-electron chi connectivity index (χ2n) is 5.76. The van der Waals surface area contributed by atoms with E-state index in [1.165, 1.54) is 0 Å². The molecule has 0 aliphatic heterocycles. The molecule has 0 bridgehead atoms. The van der Waals surface area contributed by atoms with Crippen LogP contribution in [0, 0.1) is 0 Å². The number of para-hydroxylation sites is 1. The standard InChI is InChI=1S/C16H16ClN3O/c1-16(2,12-5-3-4-6-15(12)21)10-20-18-13-8-7-11(17)9-14(13)19-20/h3-9,21H,10H2,1-2H3. The first kappa shape index (κ1) is 13.9. The maximum Gasteiger partial charge on any atom is 0.119 e. The van der Waals surface area contributed by atoms with Crippen molar-refractivity contribution in [2.45, 2.75) is 25.8 Å². The van der Waals surface area contributed by atoms with Gasteiger partial charge in [0.05, 0.1) is 6.54 Å². The van der Waals surface area contributed by atoms with Crippen LogP contribution in [-0.2, 0) is 12.0 Å². The first-order valence-electron chi connectivity index (χ1n) is 6.74. The van der Waals surface area contributed by atoms with Crippen molar-refractivity contribution >= 4 is 22.6 Å². The van der Waals surface area contributed by atoms with E-state index in [4.69, 9.17) is 11.6 Å². The van der Waals surface area contributed by atoms with Crippen molar-refractivity contribution in [3.05, 3.63) is 53.1 Å². The van der Waals surface area contributed by atoms with Crippen LogP contribution >= 0.6 is 11.6 Å². The Labute approximate surface area is 128 Å². The number of aromatic nitrogens is 3. The van der Waals surface area contributed by atoms with E-state index >= 15 is 0 Å². The van der Waals surface area contributed by atoms with Gasteiger partial charge in [-0.25, -0.2) is 0 Å². The van der Waals surface area contributed by atoms with Gasteiger partial charge in [-0.15, -0.1) is 0 Å². The average Bonchev–Trinajstić information content (AvgIpc) is 2.79. The third kappa shape index (κ3) is 2.72. The molecule has 0 aliphatic rings. The predicted molar refractivity (Wildman–Crippen MR) is 83.7 cm³/mol. The van der Waals surface area contributed by atoms with Gasteiger partial charge >= 0.3 is 0 Å². The molecule has 21 heavy (non-hydrogen) atoms. The molecule has 0 fully saturated rings. The molecule has 3 aromatic rings. The number of rotatable bonds is 3. The molecule has 2 aromatic carbocycles. The highest BCUT2D eigenvalue weighted by atomic mass is 35.5. The molecule has 108 valence electrons. The van der Waals surface area contributed by atoms with Crippen LogP contribution in [0.15, 0.2) is 42.5 Å². The van der Waals surface area contributed by atoms with E-state index in [0.29, 0.717) is 17.3 Å². The van der Waals surface area contributed by atoms with Gasteiger partial charge in [-0.2, -0.15) is 15.0 Å². The van der Waals surface area contributed by atoms with Crippen molar-refractivity contribution in [2.24, 2.45) is 0 Å². The van der Waals surface area contributed by atoms with Gasteiger partial charge in [0, 0.05) is 16.0 Å². The maximum atomic E-state index is 10.0. The second-order valence-corrected chi connectivity index (χ2v) is 6.20. The average molecular weight is 302 g/mol. The molecular formula is C16H16ClN3O. The molecule has 0 saturated heterocycles. The van der Waals surface area contributed by atoms with Gasteiger partial charge in [0.2, 0.25) is 0 Å². The molecule has 5 heteroatoms. The first-order chi connectivity index (χ1) is 9.95. The van der Waals surface area contributed by atoms with Crippen LogP contribution in [0.3, 0.4) is 0 Å². The third-order valence-electron chi connectivity index (χ3n) is 3.55. The topological polar surface area (TPSA) is 50.9 Å². The van der Waals surface area contributed by atoms with Crippen LogP contribution in [0.25, 0.3) is 11.0 Å². The summed E-state index contributed by atoms with van der Waals surface area (Å²) in [4.78, 5) is 1.66. The van der Waals surface area contributed by atoms with E-state index in [0.717, 1.165) is 16.6 Å². The van der Waals surface area contributed by atoms with Crippen LogP contribution < -0.4 is 0 Å². The van der Waals surface area contributed by atoms with Crippen molar-refractivity contribution < 1.29 is 5.11 Å². The zero-order chi connectivity index (χ0) is 15.0. The number of benzene rings is 2. The van der Waals surface area contributed by atoms with Crippen molar-refractivity contribution in [3.8, 4) is 5.75 Å². The van der Waals surface area contributed by atoms with Gasteiger partial charge in [-0.05, 0) is 24.3 Å². The number of hydrogen-bond donors (Lipinski definition) is 1. The fourth-order valence-corrected chi connectivity index (χ4v) is 2.65. The lowest BCUT2D eigenvalue weighted by Crippen LogP contribution is -2.26. The normalized spacial score (nSPS) is 12.0. The summed E-state index contributed by atoms with van der Waals surface area (Å²) in [6.07, 6.45) is 0. The van der Waals surface area contributed by atoms with Crippen LogP contribution in [0.4, 0.5) is 0 Å². The highest BCUT2D eigenvalue weighted by molar-refractivity contribution is 6.31. The fraction of sp³-hybridized carbons (Fsp3) is 0.250. The number of aromatic hydroxyl groups is 1. The largest absolute Gasteiger partial charge is 0.508 e. The lowest BCUT2D eigenvalue weighted by atomic mass is 9.84. The summed E-state index contributed by atoms with van der Waals surface area (Å²) in [5, 5.41) is 19.6. The quantitative estimate of drug-likeness (QED) is 0.801. The molecule has 0 atom stereocenters. The van der Waals surface area contributed by atoms with E-state index in [9.17, 15) is 5.11 Å². The smallest absolute Gasteiger partial charge is 0.119 e. The number of hydrogen-bond acceptors (Lipinski definition) is 3. The van der Waals surface area contributed by atoms with Gasteiger partial charge in [-0.3, -0.25) is 0 Å². The second kappa shape index (κ2) is 5.04. The zero-order valence-electron chi connectivity index (χ0n) is 11.9. The van der Waals surface area contributed by atoms with Crippen LogP contribution in [0.2, 0.25) is 5.02 Å². The number of nitrogens with zero attached hydrogens (tertiary/aromatic N) is 3. The molecule has 1 aromatic heterocycles. The summed E-state index contributed by atoms with van der Waals surface area (Å²) in [5.41, 5.74) is 2.18. The van der Waals surface area contributed by atoms with Gasteiger partial charge in [0.15, 0.2) is 0 Å². The van der Waals surface area contributed by atoms with E-state index in [-0.39, 0.29) is 5.41 Å². The third-order valence-corrected chi connectivity index (χ3v) is 3.79. The van der Waals surface area contributed by atoms with Crippen molar-refractivity contribution in [2.75, 3.05) is 0 Å². The van der Waals surface area contributed by atoms with Gasteiger partial charge in [0.1, 0.15) is 16.8 Å². The Balaban J connectivity index is 1.95. The molecule has 0 saturated carbocycles. The Morgan fingerprint density at radius 3 is 2.57 bits per heavy atom. The maximum absolute atomic E-state index is 10.0. The molecule has 0 radical (unpaired) electrons. The van der Waals surface area contributed by atoms with Gasteiger partial charge < -0.3 is 5.11 Å². The Bertz CT molecular complexity index is 795. The Hall–Kier alpha value is -2.07. The summed E-state index contributed by atoms with van der Waals surface area (Å²) in [6.45, 7) is 4.68. The van der Waals surface area contributed by atoms with E-state index < -0.39 is 0 Å². The molecule has 0 unspecified atom stereocenters. The summed E-state index contributed by atoms with van der Waals surface area (Å²) >= 11 is 5.97. The van der Waals surface area contributed by atoms with Crippen molar-refractivity contribution in [1.29, 1.82) is 0 Å². The van der Waals surface area contributed by atoms with Gasteiger partial charge in [-0.1, -0.05) is 43.6 Å². The molecule has 1 heterocycles. The van der Waals surface area contributed by atoms with Crippen LogP contribution in [0.5, 0.6) is 5.75 Å². The van der Waals surface area contributed by atoms with E-state index in [1.807, 2.05) is 24.3 Å². The number of halogens is 1. The summed E-state index contributed by atoms with van der Waals surface area (Å²) in [7, 11) is 0. The van der Waals surface area contributed by atoms with Crippen LogP contribution in [0.1, 0.15) is 19.4 Å². The van der Waals surface area contributed by atoms with Crippen molar-refractivity contribution in [3.63, 3.8) is 0 Å². The molecular weight excluding hydrogens is 286 g/mol. The monoisotopic (exact) mass is 301 g/mol. The molecule has 0 amide bonds. The predicted octanol–water partition coefficient (Wildman–Crippen LogP) is 3.77. The van der Waals surface area contributed by atoms with Gasteiger partial charge in [0.25, 0.3) is 0 Å². The minimum Gasteiger partial charge on any atom is -0.508 e. The summed E-state index contributed by atoms with van der Waals surface area (Å²) in [5.74, 6) is 0.294. The fourth-order valence-electron chi connectivity index (χ4n) is 2.49. The molecule has 1 N–H and O–H groups in total. The molecule has 3 rings (SSSR count). The minimum atomic E-state index is -0.288. The number of fused-ring (bicyclic) bond motifs is 1. The molecule has 4 nitrogen and oxygen atoms in total. The van der Waals surface area contributed by atoms with Crippen molar-refractivity contribution in [1.82, 2.24) is 15.0 Å². The summed E-state index contributed by atoms with van der Waals surface area (Å²) < 4.78 is 0. The lowest BCUT2D eigenvalue weighted by molar-refractivity contribution is 0.361. The highest BCUT2D eigenvalue weighted by Gasteiger charge is 2.25. The first-order valence-corrected chi connectivity index (χ1v) is 7.12. The number of phenols is 1. The molecule has 0 spiro atoms. The highest BCUT2D eigenvalue weighted by Crippen LogP contribution is 2.32. The lowest BCUT2D eigenvalue weighted by Gasteiger charge is -2.25. The Morgan fingerprint density at radius 1 is 1.10 bits per heavy atom.